The number of aromatic nitrogens is 3. The Bertz CT molecular complexity index is 1480. The second-order valence-corrected chi connectivity index (χ2v) is 10.3. The molecule has 0 bridgehead atoms. The number of hydrogen-bond donors (Lipinski definition) is 1. The van der Waals surface area contributed by atoms with Crippen LogP contribution < -0.4 is 10.1 Å². The first-order valence-electron chi connectivity index (χ1n) is 11.7. The topological polar surface area (TPSA) is 100 Å². The number of hydrogen-bond acceptors (Lipinski definition) is 6. The van der Waals surface area contributed by atoms with E-state index in [1.807, 2.05) is 25.1 Å². The van der Waals surface area contributed by atoms with E-state index in [0.29, 0.717) is 34.0 Å². The Morgan fingerprint density at radius 1 is 1.11 bits per heavy atom. The van der Waals surface area contributed by atoms with Crippen LogP contribution in [0.3, 0.4) is 0 Å². The molecule has 0 radical (unpaired) electrons. The van der Waals surface area contributed by atoms with Crippen molar-refractivity contribution in [1.82, 2.24) is 15.0 Å². The summed E-state index contributed by atoms with van der Waals surface area (Å²) in [6.45, 7) is 1.90. The number of aryl methyl sites for hydroxylation is 1. The van der Waals surface area contributed by atoms with Crippen LogP contribution in [0.15, 0.2) is 66.1 Å². The van der Waals surface area contributed by atoms with Gasteiger partial charge in [-0.3, -0.25) is 4.79 Å². The van der Waals surface area contributed by atoms with Gasteiger partial charge in [-0.1, -0.05) is 24.3 Å². The number of pyridine rings is 1. The lowest BCUT2D eigenvalue weighted by atomic mass is 10.0. The zero-order valence-electron chi connectivity index (χ0n) is 20.2. The molecule has 0 saturated heterocycles. The molecule has 1 fully saturated rings. The van der Waals surface area contributed by atoms with Crippen molar-refractivity contribution in [3.63, 3.8) is 0 Å². The zero-order valence-corrected chi connectivity index (χ0v) is 21.0. The first kappa shape index (κ1) is 25.0. The summed E-state index contributed by atoms with van der Waals surface area (Å²) in [5.74, 6) is -3.09. The van der Waals surface area contributed by atoms with Crippen LogP contribution in [0, 0.1) is 12.8 Å². The molecule has 1 aliphatic rings. The third-order valence-corrected chi connectivity index (χ3v) is 7.09. The Balaban J connectivity index is 1.50. The largest absolute Gasteiger partial charge is 0.609 e. The quantitative estimate of drug-likeness (QED) is 0.250. The molecule has 1 N–H and O–H groups in total. The molecular formula is C27H24F2N4O3S. The number of nitrogens with one attached hydrogen (secondary N) is 1. The van der Waals surface area contributed by atoms with E-state index in [9.17, 15) is 18.1 Å². The summed E-state index contributed by atoms with van der Waals surface area (Å²) in [7, 11) is 0. The van der Waals surface area contributed by atoms with E-state index >= 15 is 0 Å². The van der Waals surface area contributed by atoms with Gasteiger partial charge >= 0.3 is 5.16 Å². The second kappa shape index (κ2) is 10.0. The summed E-state index contributed by atoms with van der Waals surface area (Å²) in [6, 6.07) is 14.4. The van der Waals surface area contributed by atoms with Crippen LogP contribution >= 0.6 is 0 Å². The summed E-state index contributed by atoms with van der Waals surface area (Å²) in [4.78, 5) is 25.6. The summed E-state index contributed by atoms with van der Waals surface area (Å²) < 4.78 is 45.5. The van der Waals surface area contributed by atoms with Crippen molar-refractivity contribution in [3.8, 4) is 22.9 Å². The Morgan fingerprint density at radius 3 is 2.70 bits per heavy atom. The molecule has 2 unspecified atom stereocenters. The van der Waals surface area contributed by atoms with Crippen LogP contribution in [0.4, 0.5) is 14.5 Å². The molecule has 7 nitrogen and oxygen atoms in total. The molecular weight excluding hydrogens is 498 g/mol. The maximum atomic E-state index is 13.6. The number of carbonyl (C=O) groups excluding carboxylic acids is 1. The van der Waals surface area contributed by atoms with Gasteiger partial charge in [0.15, 0.2) is 0 Å². The van der Waals surface area contributed by atoms with Gasteiger partial charge in [-0.2, -0.15) is 9.97 Å². The minimum Gasteiger partial charge on any atom is -0.609 e. The standard InChI is InChI=1S/C27H24F2N4O3S/c1-16-8-9-18-19(5-3-7-21(18)32-24(34)17-10-12-27(28,29)15-17)23(16)36-25-20(6-4-13-30-25)22-11-14-31-26(33-22)37(2)35/h3-9,11,13-14,17H,10,12,15H2,1-2H3,(H,32,34). The Morgan fingerprint density at radius 2 is 1.95 bits per heavy atom. The maximum Gasteiger partial charge on any atom is 0.342 e. The van der Waals surface area contributed by atoms with Crippen molar-refractivity contribution in [1.29, 1.82) is 0 Å². The summed E-state index contributed by atoms with van der Waals surface area (Å²) in [5.41, 5.74) is 2.47. The first-order valence-corrected chi connectivity index (χ1v) is 13.3. The maximum absolute atomic E-state index is 13.6. The fourth-order valence-electron chi connectivity index (χ4n) is 4.49. The Hall–Kier alpha value is -3.63. The van der Waals surface area contributed by atoms with Crippen molar-refractivity contribution in [2.75, 3.05) is 11.6 Å². The lowest BCUT2D eigenvalue weighted by Crippen LogP contribution is -2.22. The van der Waals surface area contributed by atoms with Crippen molar-refractivity contribution in [2.24, 2.45) is 5.92 Å². The summed E-state index contributed by atoms with van der Waals surface area (Å²) >= 11 is -1.35. The number of nitrogens with zero attached hydrogens (tertiary/aromatic N) is 3. The number of benzene rings is 2. The van der Waals surface area contributed by atoms with Gasteiger partial charge < -0.3 is 14.6 Å². The number of rotatable bonds is 6. The molecule has 1 amide bonds. The highest BCUT2D eigenvalue weighted by Gasteiger charge is 2.42. The molecule has 37 heavy (non-hydrogen) atoms. The van der Waals surface area contributed by atoms with Gasteiger partial charge in [0.1, 0.15) is 12.0 Å². The third kappa shape index (κ3) is 5.26. The molecule has 1 saturated carbocycles. The first-order chi connectivity index (χ1) is 17.7. The molecule has 10 heteroatoms. The van der Waals surface area contributed by atoms with E-state index in [4.69, 9.17) is 4.74 Å². The summed E-state index contributed by atoms with van der Waals surface area (Å²) in [5, 5.41) is 4.48. The van der Waals surface area contributed by atoms with Gasteiger partial charge in [-0.25, -0.2) is 13.8 Å². The van der Waals surface area contributed by atoms with E-state index in [1.165, 1.54) is 12.5 Å². The fourth-order valence-corrected chi connectivity index (χ4v) is 4.92. The highest BCUT2D eigenvalue weighted by molar-refractivity contribution is 7.90. The van der Waals surface area contributed by atoms with Gasteiger partial charge in [-0.15, -0.1) is 0 Å². The van der Waals surface area contributed by atoms with Crippen molar-refractivity contribution in [3.05, 3.63) is 66.5 Å². The molecule has 190 valence electrons. The molecule has 2 aromatic carbocycles. The number of anilines is 1. The molecule has 5 rings (SSSR count). The van der Waals surface area contributed by atoms with Gasteiger partial charge in [0.2, 0.25) is 17.7 Å². The lowest BCUT2D eigenvalue weighted by molar-refractivity contribution is -0.120. The third-order valence-electron chi connectivity index (χ3n) is 6.38. The molecule has 1 aliphatic carbocycles. The monoisotopic (exact) mass is 522 g/mol. The minimum atomic E-state index is -2.80. The summed E-state index contributed by atoms with van der Waals surface area (Å²) in [6.07, 6.45) is 4.10. The lowest BCUT2D eigenvalue weighted by Gasteiger charge is -2.17. The van der Waals surface area contributed by atoms with Crippen LogP contribution in [0.2, 0.25) is 0 Å². The van der Waals surface area contributed by atoms with Crippen LogP contribution in [0.25, 0.3) is 22.0 Å². The van der Waals surface area contributed by atoms with Crippen molar-refractivity contribution < 1.29 is 22.9 Å². The molecule has 0 spiro atoms. The molecule has 2 aromatic heterocycles. The van der Waals surface area contributed by atoms with Crippen LogP contribution in [-0.2, 0) is 16.0 Å². The van der Waals surface area contributed by atoms with Crippen molar-refractivity contribution in [2.45, 2.75) is 37.3 Å². The molecule has 0 aliphatic heterocycles. The Labute approximate surface area is 215 Å². The van der Waals surface area contributed by atoms with E-state index in [1.54, 1.807) is 36.5 Å². The molecule has 2 atom stereocenters. The SMILES string of the molecule is Cc1ccc2c(NC(=O)C3CCC(F)(F)C3)cccc2c1Oc1ncccc1-c1ccnc([S+](C)[O-])n1. The van der Waals surface area contributed by atoms with Gasteiger partial charge in [-0.05, 0) is 43.2 Å². The van der Waals surface area contributed by atoms with Crippen LogP contribution in [-0.4, -0.2) is 37.6 Å². The highest BCUT2D eigenvalue weighted by Crippen LogP contribution is 2.41. The number of ether oxygens (including phenoxy) is 1. The average Bonchev–Trinajstić information content (AvgIpc) is 3.26. The predicted molar refractivity (Wildman–Crippen MR) is 137 cm³/mol. The number of fused-ring (bicyclic) bond motifs is 1. The molecule has 2 heterocycles. The van der Waals surface area contributed by atoms with Crippen molar-refractivity contribution >= 4 is 33.5 Å². The van der Waals surface area contributed by atoms with Gasteiger partial charge in [0.25, 0.3) is 0 Å². The zero-order chi connectivity index (χ0) is 26.2. The number of alkyl halides is 2. The van der Waals surface area contributed by atoms with E-state index in [0.717, 1.165) is 10.9 Å². The number of amides is 1. The fraction of sp³-hybridized carbons (Fsp3) is 0.259. The minimum absolute atomic E-state index is 0.163. The van der Waals surface area contributed by atoms with Gasteiger partial charge in [0, 0.05) is 58.8 Å². The van der Waals surface area contributed by atoms with Gasteiger partial charge in [0.05, 0.1) is 11.3 Å². The normalized spacial score (nSPS) is 17.5. The number of halogens is 2. The van der Waals surface area contributed by atoms with E-state index in [2.05, 4.69) is 20.3 Å². The van der Waals surface area contributed by atoms with Crippen LogP contribution in [0.1, 0.15) is 24.8 Å². The molecule has 4 aromatic rings. The van der Waals surface area contributed by atoms with E-state index in [-0.39, 0.29) is 18.0 Å². The predicted octanol–water partition coefficient (Wildman–Crippen LogP) is 5.90. The van der Waals surface area contributed by atoms with E-state index < -0.39 is 35.3 Å². The number of carbonyl (C=O) groups is 1. The Kier molecular flexibility index (Phi) is 6.78. The second-order valence-electron chi connectivity index (χ2n) is 9.03. The average molecular weight is 523 g/mol. The highest BCUT2D eigenvalue weighted by atomic mass is 32.2. The smallest absolute Gasteiger partial charge is 0.342 e. The van der Waals surface area contributed by atoms with Crippen LogP contribution in [0.5, 0.6) is 11.6 Å².